The zero-order valence-electron chi connectivity index (χ0n) is 11.4. The minimum atomic E-state index is 0.234. The maximum absolute atomic E-state index is 6.08. The summed E-state index contributed by atoms with van der Waals surface area (Å²) < 4.78 is 7.46. The first-order valence-corrected chi connectivity index (χ1v) is 6.65. The van der Waals surface area contributed by atoms with E-state index in [0.717, 1.165) is 42.2 Å². The Bertz CT molecular complexity index is 586. The number of imidazole rings is 1. The van der Waals surface area contributed by atoms with Gasteiger partial charge in [-0.3, -0.25) is 0 Å². The van der Waals surface area contributed by atoms with Gasteiger partial charge in [0.15, 0.2) is 0 Å². The van der Waals surface area contributed by atoms with Crippen molar-refractivity contribution in [2.45, 2.75) is 32.4 Å². The Morgan fingerprint density at radius 1 is 1.32 bits per heavy atom. The van der Waals surface area contributed by atoms with E-state index in [1.54, 1.807) is 7.11 Å². The third kappa shape index (κ3) is 2.12. The number of benzene rings is 1. The highest BCUT2D eigenvalue weighted by molar-refractivity contribution is 5.58. The third-order valence-corrected chi connectivity index (χ3v) is 3.79. The van der Waals surface area contributed by atoms with Crippen LogP contribution in [0, 0.1) is 6.92 Å². The Morgan fingerprint density at radius 3 is 2.74 bits per heavy atom. The van der Waals surface area contributed by atoms with E-state index in [4.69, 9.17) is 15.5 Å². The van der Waals surface area contributed by atoms with Crippen LogP contribution < -0.4 is 10.5 Å². The average molecular weight is 257 g/mol. The molecule has 0 spiro atoms. The van der Waals surface area contributed by atoms with Crippen LogP contribution in [0.3, 0.4) is 0 Å². The molecule has 0 bridgehead atoms. The molecule has 1 aromatic heterocycles. The van der Waals surface area contributed by atoms with Crippen molar-refractivity contribution in [1.82, 2.24) is 9.55 Å². The molecule has 2 aromatic rings. The Kier molecular flexibility index (Phi) is 3.03. The van der Waals surface area contributed by atoms with Crippen molar-refractivity contribution < 1.29 is 4.74 Å². The van der Waals surface area contributed by atoms with E-state index < -0.39 is 0 Å². The fourth-order valence-electron chi connectivity index (χ4n) is 2.73. The zero-order chi connectivity index (χ0) is 13.4. The fourth-order valence-corrected chi connectivity index (χ4v) is 2.73. The van der Waals surface area contributed by atoms with Crippen molar-refractivity contribution in [2.24, 2.45) is 5.73 Å². The van der Waals surface area contributed by atoms with Gasteiger partial charge in [-0.1, -0.05) is 0 Å². The SMILES string of the molecule is COc1ccc(-c2nc(C)c3n2CC(N)CC3)cc1. The van der Waals surface area contributed by atoms with Crippen molar-refractivity contribution in [3.05, 3.63) is 35.7 Å². The van der Waals surface area contributed by atoms with E-state index in [1.165, 1.54) is 5.69 Å². The number of methoxy groups -OCH3 is 1. The van der Waals surface area contributed by atoms with Gasteiger partial charge in [0.25, 0.3) is 0 Å². The number of aryl methyl sites for hydroxylation is 1. The van der Waals surface area contributed by atoms with Crippen molar-refractivity contribution in [3.8, 4) is 17.1 Å². The van der Waals surface area contributed by atoms with Crippen LogP contribution in [-0.4, -0.2) is 22.7 Å². The Labute approximate surface area is 113 Å². The first-order valence-electron chi connectivity index (χ1n) is 6.65. The van der Waals surface area contributed by atoms with Gasteiger partial charge in [0, 0.05) is 23.8 Å². The molecule has 0 amide bonds. The normalized spacial score (nSPS) is 18.2. The Morgan fingerprint density at radius 2 is 2.05 bits per heavy atom. The van der Waals surface area contributed by atoms with Gasteiger partial charge in [-0.25, -0.2) is 4.98 Å². The first-order chi connectivity index (χ1) is 9.19. The molecule has 4 nitrogen and oxygen atoms in total. The molecule has 0 saturated heterocycles. The number of aromatic nitrogens is 2. The molecule has 0 radical (unpaired) electrons. The lowest BCUT2D eigenvalue weighted by molar-refractivity contribution is 0.415. The monoisotopic (exact) mass is 257 g/mol. The van der Waals surface area contributed by atoms with Gasteiger partial charge in [0.05, 0.1) is 12.8 Å². The molecule has 0 fully saturated rings. The molecule has 3 rings (SSSR count). The molecule has 1 aliphatic heterocycles. The van der Waals surface area contributed by atoms with Crippen LogP contribution in [0.25, 0.3) is 11.4 Å². The second-order valence-electron chi connectivity index (χ2n) is 5.11. The largest absolute Gasteiger partial charge is 0.497 e. The van der Waals surface area contributed by atoms with Gasteiger partial charge < -0.3 is 15.0 Å². The minimum absolute atomic E-state index is 0.234. The highest BCUT2D eigenvalue weighted by Gasteiger charge is 2.22. The molecule has 0 aliphatic carbocycles. The topological polar surface area (TPSA) is 53.1 Å². The molecular formula is C15H19N3O. The molecule has 1 aliphatic rings. The molecule has 19 heavy (non-hydrogen) atoms. The lowest BCUT2D eigenvalue weighted by atomic mass is 10.0. The highest BCUT2D eigenvalue weighted by atomic mass is 16.5. The van der Waals surface area contributed by atoms with E-state index in [2.05, 4.69) is 11.5 Å². The van der Waals surface area contributed by atoms with Gasteiger partial charge in [-0.15, -0.1) is 0 Å². The van der Waals surface area contributed by atoms with Crippen LogP contribution >= 0.6 is 0 Å². The van der Waals surface area contributed by atoms with Gasteiger partial charge in [0.2, 0.25) is 0 Å². The number of hydrogen-bond acceptors (Lipinski definition) is 3. The van der Waals surface area contributed by atoms with Gasteiger partial charge >= 0.3 is 0 Å². The number of rotatable bonds is 2. The van der Waals surface area contributed by atoms with Crippen molar-refractivity contribution >= 4 is 0 Å². The zero-order valence-corrected chi connectivity index (χ0v) is 11.4. The quantitative estimate of drug-likeness (QED) is 0.896. The van der Waals surface area contributed by atoms with Crippen LogP contribution in [0.4, 0.5) is 0 Å². The molecule has 4 heteroatoms. The average Bonchev–Trinajstić information content (AvgIpc) is 2.75. The summed E-state index contributed by atoms with van der Waals surface area (Å²) in [6.45, 7) is 2.94. The summed E-state index contributed by atoms with van der Waals surface area (Å²) in [5, 5.41) is 0. The molecule has 2 heterocycles. The van der Waals surface area contributed by atoms with Crippen molar-refractivity contribution in [2.75, 3.05) is 7.11 Å². The molecule has 0 saturated carbocycles. The second kappa shape index (κ2) is 4.70. The maximum Gasteiger partial charge on any atom is 0.140 e. The number of fused-ring (bicyclic) bond motifs is 1. The van der Waals surface area contributed by atoms with E-state index in [9.17, 15) is 0 Å². The molecular weight excluding hydrogens is 238 g/mol. The second-order valence-corrected chi connectivity index (χ2v) is 5.11. The lowest BCUT2D eigenvalue weighted by Crippen LogP contribution is -2.32. The summed E-state index contributed by atoms with van der Waals surface area (Å²) in [6.07, 6.45) is 2.07. The van der Waals surface area contributed by atoms with Crippen LogP contribution in [-0.2, 0) is 13.0 Å². The summed E-state index contributed by atoms with van der Waals surface area (Å²) in [4.78, 5) is 4.72. The Hall–Kier alpha value is -1.81. The summed E-state index contributed by atoms with van der Waals surface area (Å²) in [6, 6.07) is 8.27. The van der Waals surface area contributed by atoms with Gasteiger partial charge in [-0.2, -0.15) is 0 Å². The van der Waals surface area contributed by atoms with E-state index in [0.29, 0.717) is 0 Å². The fraction of sp³-hybridized carbons (Fsp3) is 0.400. The summed E-state index contributed by atoms with van der Waals surface area (Å²) in [5.74, 6) is 1.88. The highest BCUT2D eigenvalue weighted by Crippen LogP contribution is 2.28. The number of hydrogen-bond donors (Lipinski definition) is 1. The van der Waals surface area contributed by atoms with E-state index in [1.807, 2.05) is 24.3 Å². The standard InChI is InChI=1S/C15H19N3O/c1-10-14-8-5-12(16)9-18(14)15(17-10)11-3-6-13(19-2)7-4-11/h3-4,6-7,12H,5,8-9,16H2,1-2H3. The first kappa shape index (κ1) is 12.2. The van der Waals surface area contributed by atoms with E-state index in [-0.39, 0.29) is 6.04 Å². The molecule has 1 aromatic carbocycles. The summed E-state index contributed by atoms with van der Waals surface area (Å²) >= 11 is 0. The minimum Gasteiger partial charge on any atom is -0.497 e. The Balaban J connectivity index is 2.04. The van der Waals surface area contributed by atoms with Crippen LogP contribution in [0.5, 0.6) is 5.75 Å². The molecule has 2 N–H and O–H groups in total. The predicted molar refractivity (Wildman–Crippen MR) is 75.2 cm³/mol. The van der Waals surface area contributed by atoms with Crippen LogP contribution in [0.15, 0.2) is 24.3 Å². The number of nitrogens with zero attached hydrogens (tertiary/aromatic N) is 2. The summed E-state index contributed by atoms with van der Waals surface area (Å²) in [7, 11) is 1.68. The van der Waals surface area contributed by atoms with Crippen LogP contribution in [0.1, 0.15) is 17.8 Å². The summed E-state index contributed by atoms with van der Waals surface area (Å²) in [5.41, 5.74) is 9.65. The van der Waals surface area contributed by atoms with Crippen molar-refractivity contribution in [1.29, 1.82) is 0 Å². The number of nitrogens with two attached hydrogens (primary N) is 1. The maximum atomic E-state index is 6.08. The van der Waals surface area contributed by atoms with Crippen molar-refractivity contribution in [3.63, 3.8) is 0 Å². The lowest BCUT2D eigenvalue weighted by Gasteiger charge is -2.22. The smallest absolute Gasteiger partial charge is 0.140 e. The van der Waals surface area contributed by atoms with Gasteiger partial charge in [-0.05, 0) is 44.0 Å². The molecule has 100 valence electrons. The molecule has 1 atom stereocenters. The predicted octanol–water partition coefficient (Wildman–Crippen LogP) is 2.14. The third-order valence-electron chi connectivity index (χ3n) is 3.79. The number of ether oxygens (including phenoxy) is 1. The van der Waals surface area contributed by atoms with Crippen LogP contribution in [0.2, 0.25) is 0 Å². The van der Waals surface area contributed by atoms with E-state index >= 15 is 0 Å². The molecule has 1 unspecified atom stereocenters. The van der Waals surface area contributed by atoms with Gasteiger partial charge in [0.1, 0.15) is 11.6 Å².